The lowest BCUT2D eigenvalue weighted by atomic mass is 10.1. The minimum absolute atomic E-state index is 0.0496. The average Bonchev–Trinajstić information content (AvgIpc) is 2.79. The SMILES string of the molecule is O=[N+]([O-])c1cccc(C(N=Nc2ccccc2)N=Nc2ccc3ccccc3n2)c1. The van der Waals surface area contributed by atoms with Gasteiger partial charge in [-0.2, -0.15) is 15.3 Å². The molecule has 0 aliphatic heterocycles. The van der Waals surface area contributed by atoms with E-state index in [4.69, 9.17) is 0 Å². The summed E-state index contributed by atoms with van der Waals surface area (Å²) in [6.45, 7) is 0. The molecule has 0 aliphatic carbocycles. The maximum absolute atomic E-state index is 11.1. The predicted octanol–water partition coefficient (Wildman–Crippen LogP) is 6.71. The Hall–Kier alpha value is -4.33. The summed E-state index contributed by atoms with van der Waals surface area (Å²) in [4.78, 5) is 15.1. The van der Waals surface area contributed by atoms with E-state index in [0.717, 1.165) is 10.9 Å². The van der Waals surface area contributed by atoms with E-state index in [0.29, 0.717) is 17.1 Å². The first-order valence-corrected chi connectivity index (χ1v) is 9.16. The van der Waals surface area contributed by atoms with Gasteiger partial charge in [0.2, 0.25) is 6.17 Å². The highest BCUT2D eigenvalue weighted by Crippen LogP contribution is 2.27. The quantitative estimate of drug-likeness (QED) is 0.205. The van der Waals surface area contributed by atoms with Crippen LogP contribution in [-0.2, 0) is 0 Å². The predicted molar refractivity (Wildman–Crippen MR) is 113 cm³/mol. The summed E-state index contributed by atoms with van der Waals surface area (Å²) in [5.74, 6) is 0.416. The van der Waals surface area contributed by atoms with E-state index in [1.54, 1.807) is 30.3 Å². The van der Waals surface area contributed by atoms with Crippen LogP contribution >= 0.6 is 0 Å². The van der Waals surface area contributed by atoms with Crippen LogP contribution in [0, 0.1) is 10.1 Å². The first-order valence-electron chi connectivity index (χ1n) is 9.16. The highest BCUT2D eigenvalue weighted by molar-refractivity contribution is 5.79. The Morgan fingerprint density at radius 2 is 1.57 bits per heavy atom. The zero-order valence-electron chi connectivity index (χ0n) is 15.7. The van der Waals surface area contributed by atoms with Crippen LogP contribution in [0.4, 0.5) is 17.2 Å². The second kappa shape index (κ2) is 8.78. The van der Waals surface area contributed by atoms with Crippen LogP contribution in [0.25, 0.3) is 10.9 Å². The van der Waals surface area contributed by atoms with E-state index < -0.39 is 11.1 Å². The number of aromatic nitrogens is 1. The van der Waals surface area contributed by atoms with E-state index in [1.807, 2.05) is 48.5 Å². The molecule has 0 bridgehead atoms. The number of fused-ring (bicyclic) bond motifs is 1. The Balaban J connectivity index is 1.68. The normalized spacial score (nSPS) is 12.5. The number of para-hydroxylation sites is 1. The minimum atomic E-state index is -0.849. The third-order valence-electron chi connectivity index (χ3n) is 4.27. The largest absolute Gasteiger partial charge is 0.269 e. The van der Waals surface area contributed by atoms with E-state index in [-0.39, 0.29) is 5.69 Å². The summed E-state index contributed by atoms with van der Waals surface area (Å²) < 4.78 is 0. The molecule has 0 spiro atoms. The van der Waals surface area contributed by atoms with Gasteiger partial charge in [-0.3, -0.25) is 10.1 Å². The van der Waals surface area contributed by atoms with Crippen LogP contribution < -0.4 is 0 Å². The third-order valence-corrected chi connectivity index (χ3v) is 4.27. The molecular formula is C22H16N6O2. The van der Waals surface area contributed by atoms with E-state index >= 15 is 0 Å². The molecule has 0 saturated carbocycles. The zero-order chi connectivity index (χ0) is 20.8. The third kappa shape index (κ3) is 4.56. The monoisotopic (exact) mass is 396 g/mol. The van der Waals surface area contributed by atoms with Gasteiger partial charge in [0.05, 0.1) is 16.1 Å². The lowest BCUT2D eigenvalue weighted by Crippen LogP contribution is -1.94. The van der Waals surface area contributed by atoms with Crippen LogP contribution in [0.1, 0.15) is 11.7 Å². The molecule has 3 aromatic carbocycles. The van der Waals surface area contributed by atoms with Crippen molar-refractivity contribution in [2.75, 3.05) is 0 Å². The van der Waals surface area contributed by atoms with Crippen LogP contribution in [0.15, 0.2) is 111 Å². The molecule has 0 radical (unpaired) electrons. The number of hydrogen-bond donors (Lipinski definition) is 0. The van der Waals surface area contributed by atoms with Crippen LogP contribution in [-0.4, -0.2) is 9.91 Å². The highest BCUT2D eigenvalue weighted by Gasteiger charge is 2.14. The number of benzene rings is 3. The Morgan fingerprint density at radius 3 is 2.40 bits per heavy atom. The van der Waals surface area contributed by atoms with Gasteiger partial charge in [0, 0.05) is 23.1 Å². The average molecular weight is 396 g/mol. The second-order valence-corrected chi connectivity index (χ2v) is 6.35. The summed E-state index contributed by atoms with van der Waals surface area (Å²) in [5, 5.41) is 29.1. The standard InChI is InChI=1S/C22H16N6O2/c29-28(30)19-11-6-8-17(15-19)22(26-24-18-9-2-1-3-10-18)27-25-21-14-13-16-7-4-5-12-20(16)23-21/h1-15,22H. The Kier molecular flexibility index (Phi) is 5.56. The lowest BCUT2D eigenvalue weighted by Gasteiger charge is -2.06. The van der Waals surface area contributed by atoms with E-state index in [9.17, 15) is 10.1 Å². The highest BCUT2D eigenvalue weighted by atomic mass is 16.6. The number of nitrogens with zero attached hydrogens (tertiary/aromatic N) is 6. The summed E-state index contributed by atoms with van der Waals surface area (Å²) in [5.41, 5.74) is 1.90. The Bertz CT molecular complexity index is 1240. The molecule has 4 rings (SSSR count). The number of pyridine rings is 1. The smallest absolute Gasteiger partial charge is 0.258 e. The van der Waals surface area contributed by atoms with Crippen molar-refractivity contribution in [1.82, 2.24) is 4.98 Å². The van der Waals surface area contributed by atoms with Gasteiger partial charge in [-0.1, -0.05) is 48.5 Å². The van der Waals surface area contributed by atoms with Crippen LogP contribution in [0.3, 0.4) is 0 Å². The Morgan fingerprint density at radius 1 is 0.800 bits per heavy atom. The molecule has 1 heterocycles. The molecule has 0 saturated heterocycles. The number of hydrogen-bond acceptors (Lipinski definition) is 7. The fraction of sp³-hybridized carbons (Fsp3) is 0.0455. The zero-order valence-corrected chi connectivity index (χ0v) is 15.7. The van der Waals surface area contributed by atoms with Crippen molar-refractivity contribution in [2.45, 2.75) is 6.17 Å². The summed E-state index contributed by atoms with van der Waals surface area (Å²) in [6, 6.07) is 26.6. The second-order valence-electron chi connectivity index (χ2n) is 6.35. The van der Waals surface area contributed by atoms with Gasteiger partial charge >= 0.3 is 0 Å². The molecular weight excluding hydrogens is 380 g/mol. The maximum atomic E-state index is 11.1. The van der Waals surface area contributed by atoms with E-state index in [1.165, 1.54) is 12.1 Å². The number of azo groups is 2. The molecule has 1 atom stereocenters. The molecule has 8 nitrogen and oxygen atoms in total. The number of nitro benzene ring substituents is 1. The Labute approximate surface area is 171 Å². The first kappa shape index (κ1) is 19.0. The topological polar surface area (TPSA) is 105 Å². The molecule has 1 aromatic heterocycles. The van der Waals surface area contributed by atoms with Gasteiger partial charge in [-0.15, -0.1) is 5.11 Å². The van der Waals surface area contributed by atoms with Gasteiger partial charge in [0.15, 0.2) is 5.82 Å². The number of non-ortho nitro benzene ring substituents is 1. The number of rotatable bonds is 6. The molecule has 1 unspecified atom stereocenters. The van der Waals surface area contributed by atoms with Gasteiger partial charge in [-0.05, 0) is 30.3 Å². The summed E-state index contributed by atoms with van der Waals surface area (Å²) in [7, 11) is 0. The van der Waals surface area contributed by atoms with Crippen molar-refractivity contribution >= 4 is 28.1 Å². The lowest BCUT2D eigenvalue weighted by molar-refractivity contribution is -0.384. The fourth-order valence-electron chi connectivity index (χ4n) is 2.80. The molecule has 4 aromatic rings. The van der Waals surface area contributed by atoms with Crippen LogP contribution in [0.5, 0.6) is 0 Å². The van der Waals surface area contributed by atoms with Crippen molar-refractivity contribution in [3.05, 3.63) is 107 Å². The molecule has 0 aliphatic rings. The molecule has 0 N–H and O–H groups in total. The van der Waals surface area contributed by atoms with Crippen molar-refractivity contribution in [3.63, 3.8) is 0 Å². The summed E-state index contributed by atoms with van der Waals surface area (Å²) >= 11 is 0. The summed E-state index contributed by atoms with van der Waals surface area (Å²) in [6.07, 6.45) is -0.849. The number of nitro groups is 1. The van der Waals surface area contributed by atoms with Crippen molar-refractivity contribution < 1.29 is 4.92 Å². The fourth-order valence-corrected chi connectivity index (χ4v) is 2.80. The van der Waals surface area contributed by atoms with Crippen LogP contribution in [0.2, 0.25) is 0 Å². The van der Waals surface area contributed by atoms with Crippen molar-refractivity contribution in [3.8, 4) is 0 Å². The van der Waals surface area contributed by atoms with Crippen molar-refractivity contribution in [2.24, 2.45) is 20.5 Å². The van der Waals surface area contributed by atoms with Crippen molar-refractivity contribution in [1.29, 1.82) is 0 Å². The van der Waals surface area contributed by atoms with E-state index in [2.05, 4.69) is 25.4 Å². The maximum Gasteiger partial charge on any atom is 0.269 e. The van der Waals surface area contributed by atoms with Gasteiger partial charge in [0.1, 0.15) is 0 Å². The molecule has 30 heavy (non-hydrogen) atoms. The molecule has 8 heteroatoms. The van der Waals surface area contributed by atoms with Gasteiger partial charge in [-0.25, -0.2) is 4.98 Å². The van der Waals surface area contributed by atoms with Gasteiger partial charge in [0.25, 0.3) is 5.69 Å². The van der Waals surface area contributed by atoms with Gasteiger partial charge < -0.3 is 0 Å². The molecule has 0 amide bonds. The first-order chi connectivity index (χ1) is 14.7. The molecule has 146 valence electrons. The molecule has 0 fully saturated rings. The minimum Gasteiger partial charge on any atom is -0.258 e.